The first kappa shape index (κ1) is 9.80. The molecular weight excluding hydrogens is 186 g/mol. The van der Waals surface area contributed by atoms with E-state index >= 15 is 0 Å². The number of hydrogen-bond acceptors (Lipinski definition) is 3. The Morgan fingerprint density at radius 3 is 2.33 bits per heavy atom. The molecule has 0 unspecified atom stereocenters. The monoisotopic (exact) mass is 199 g/mol. The normalized spacial score (nSPS) is 10.2. The van der Waals surface area contributed by atoms with E-state index < -0.39 is 0 Å². The largest absolute Gasteiger partial charge is 0.316 e. The summed E-state index contributed by atoms with van der Waals surface area (Å²) in [7, 11) is 1.91. The topological polar surface area (TPSA) is 37.8 Å². The summed E-state index contributed by atoms with van der Waals surface area (Å²) in [5.41, 5.74) is 2.14. The highest BCUT2D eigenvalue weighted by Gasteiger charge is 1.99. The Morgan fingerprint density at radius 1 is 1.07 bits per heavy atom. The van der Waals surface area contributed by atoms with E-state index in [0.717, 1.165) is 23.5 Å². The highest BCUT2D eigenvalue weighted by Crippen LogP contribution is 2.12. The number of benzene rings is 1. The summed E-state index contributed by atoms with van der Waals surface area (Å²) in [6, 6.07) is 9.97. The molecule has 0 aliphatic rings. The van der Waals surface area contributed by atoms with Crippen LogP contribution in [0.2, 0.25) is 0 Å². The van der Waals surface area contributed by atoms with Crippen molar-refractivity contribution in [3.8, 4) is 11.4 Å². The van der Waals surface area contributed by atoms with Gasteiger partial charge in [-0.3, -0.25) is 0 Å². The van der Waals surface area contributed by atoms with E-state index in [1.54, 1.807) is 0 Å². The Balaban J connectivity index is 2.24. The van der Waals surface area contributed by atoms with Gasteiger partial charge in [0.1, 0.15) is 0 Å². The van der Waals surface area contributed by atoms with Crippen LogP contribution in [0.1, 0.15) is 5.56 Å². The minimum absolute atomic E-state index is 0.774. The molecule has 0 saturated heterocycles. The quantitative estimate of drug-likeness (QED) is 0.820. The fourth-order valence-corrected chi connectivity index (χ4v) is 1.39. The predicted molar refractivity (Wildman–Crippen MR) is 60.2 cm³/mol. The third-order valence-electron chi connectivity index (χ3n) is 2.12. The van der Waals surface area contributed by atoms with E-state index in [1.165, 1.54) is 0 Å². The summed E-state index contributed by atoms with van der Waals surface area (Å²) in [6.45, 7) is 0.801. The fraction of sp³-hybridized carbons (Fsp3) is 0.167. The van der Waals surface area contributed by atoms with Crippen LogP contribution in [0.5, 0.6) is 0 Å². The molecule has 0 atom stereocenters. The zero-order valence-electron chi connectivity index (χ0n) is 8.64. The van der Waals surface area contributed by atoms with E-state index in [0.29, 0.717) is 0 Å². The second kappa shape index (κ2) is 4.66. The zero-order chi connectivity index (χ0) is 10.5. The van der Waals surface area contributed by atoms with Gasteiger partial charge in [-0.15, -0.1) is 0 Å². The van der Waals surface area contributed by atoms with Crippen LogP contribution in [0.25, 0.3) is 11.4 Å². The van der Waals surface area contributed by atoms with E-state index in [-0.39, 0.29) is 0 Å². The van der Waals surface area contributed by atoms with Crippen molar-refractivity contribution in [2.45, 2.75) is 6.54 Å². The molecule has 0 amide bonds. The van der Waals surface area contributed by atoms with E-state index in [4.69, 9.17) is 0 Å². The average molecular weight is 199 g/mol. The third kappa shape index (κ3) is 2.39. The van der Waals surface area contributed by atoms with E-state index in [2.05, 4.69) is 15.3 Å². The van der Waals surface area contributed by atoms with Crippen LogP contribution in [0, 0.1) is 0 Å². The van der Waals surface area contributed by atoms with Gasteiger partial charge in [-0.2, -0.15) is 0 Å². The minimum atomic E-state index is 0.774. The Kier molecular flexibility index (Phi) is 3.05. The van der Waals surface area contributed by atoms with Gasteiger partial charge in [-0.25, -0.2) is 9.97 Å². The molecule has 1 heterocycles. The summed E-state index contributed by atoms with van der Waals surface area (Å²) >= 11 is 0. The van der Waals surface area contributed by atoms with E-state index in [1.807, 2.05) is 49.8 Å². The lowest BCUT2D eigenvalue weighted by Gasteiger charge is -2.01. The van der Waals surface area contributed by atoms with Crippen molar-refractivity contribution < 1.29 is 0 Å². The molecule has 1 aromatic carbocycles. The molecule has 0 saturated carbocycles. The molecule has 0 radical (unpaired) electrons. The van der Waals surface area contributed by atoms with Crippen LogP contribution in [-0.4, -0.2) is 17.0 Å². The van der Waals surface area contributed by atoms with Crippen LogP contribution >= 0.6 is 0 Å². The summed E-state index contributed by atoms with van der Waals surface area (Å²) < 4.78 is 0. The lowest BCUT2D eigenvalue weighted by atomic mass is 10.2. The Hall–Kier alpha value is -1.74. The predicted octanol–water partition coefficient (Wildman–Crippen LogP) is 1.86. The molecule has 1 aromatic heterocycles. The lowest BCUT2D eigenvalue weighted by molar-refractivity contribution is 0.807. The molecule has 0 bridgehead atoms. The Labute approximate surface area is 89.2 Å². The SMILES string of the molecule is CNCc1cnc(-c2ccccc2)nc1. The van der Waals surface area contributed by atoms with Crippen LogP contribution in [0.4, 0.5) is 0 Å². The second-order valence-electron chi connectivity index (χ2n) is 3.31. The maximum absolute atomic E-state index is 4.32. The van der Waals surface area contributed by atoms with Crippen LogP contribution in [0.3, 0.4) is 0 Å². The molecule has 0 spiro atoms. The molecular formula is C12H13N3. The highest BCUT2D eigenvalue weighted by atomic mass is 14.9. The molecule has 2 rings (SSSR count). The summed E-state index contributed by atoms with van der Waals surface area (Å²) in [5, 5.41) is 3.06. The first-order chi connectivity index (χ1) is 7.40. The standard InChI is InChI=1S/C12H13N3/c1-13-7-10-8-14-12(15-9-10)11-5-3-2-4-6-11/h2-6,8-9,13H,7H2,1H3. The molecule has 0 aliphatic carbocycles. The second-order valence-corrected chi connectivity index (χ2v) is 3.31. The van der Waals surface area contributed by atoms with Crippen LogP contribution in [0.15, 0.2) is 42.7 Å². The molecule has 0 fully saturated rings. The van der Waals surface area contributed by atoms with Crippen molar-refractivity contribution in [1.29, 1.82) is 0 Å². The van der Waals surface area contributed by atoms with Crippen molar-refractivity contribution in [2.75, 3.05) is 7.05 Å². The van der Waals surface area contributed by atoms with Crippen LogP contribution < -0.4 is 5.32 Å². The van der Waals surface area contributed by atoms with Crippen molar-refractivity contribution in [1.82, 2.24) is 15.3 Å². The van der Waals surface area contributed by atoms with Crippen molar-refractivity contribution in [3.05, 3.63) is 48.3 Å². The molecule has 76 valence electrons. The summed E-state index contributed by atoms with van der Waals surface area (Å²) in [4.78, 5) is 8.63. The van der Waals surface area contributed by atoms with Crippen molar-refractivity contribution in [3.63, 3.8) is 0 Å². The van der Waals surface area contributed by atoms with Gasteiger partial charge in [0.25, 0.3) is 0 Å². The maximum Gasteiger partial charge on any atom is 0.159 e. The molecule has 15 heavy (non-hydrogen) atoms. The first-order valence-corrected chi connectivity index (χ1v) is 4.91. The number of aromatic nitrogens is 2. The number of hydrogen-bond donors (Lipinski definition) is 1. The lowest BCUT2D eigenvalue weighted by Crippen LogP contribution is -2.05. The molecule has 3 heteroatoms. The number of rotatable bonds is 3. The fourth-order valence-electron chi connectivity index (χ4n) is 1.39. The van der Waals surface area contributed by atoms with Crippen molar-refractivity contribution in [2.24, 2.45) is 0 Å². The smallest absolute Gasteiger partial charge is 0.159 e. The number of nitrogens with one attached hydrogen (secondary N) is 1. The summed E-state index contributed by atoms with van der Waals surface area (Å²) in [6.07, 6.45) is 3.71. The van der Waals surface area contributed by atoms with Gasteiger partial charge in [0.05, 0.1) is 0 Å². The Bertz CT molecular complexity index is 409. The van der Waals surface area contributed by atoms with E-state index in [9.17, 15) is 0 Å². The zero-order valence-corrected chi connectivity index (χ0v) is 8.64. The summed E-state index contributed by atoms with van der Waals surface area (Å²) in [5.74, 6) is 0.774. The maximum atomic E-state index is 4.32. The van der Waals surface area contributed by atoms with Crippen molar-refractivity contribution >= 4 is 0 Å². The average Bonchev–Trinajstić information content (AvgIpc) is 2.32. The van der Waals surface area contributed by atoms with Gasteiger partial charge in [0, 0.05) is 30.1 Å². The van der Waals surface area contributed by atoms with Crippen LogP contribution in [-0.2, 0) is 6.54 Å². The molecule has 1 N–H and O–H groups in total. The number of nitrogens with zero attached hydrogens (tertiary/aromatic N) is 2. The highest BCUT2D eigenvalue weighted by molar-refractivity contribution is 5.53. The van der Waals surface area contributed by atoms with Gasteiger partial charge in [0.2, 0.25) is 0 Å². The van der Waals surface area contributed by atoms with Gasteiger partial charge in [0.15, 0.2) is 5.82 Å². The van der Waals surface area contributed by atoms with Gasteiger partial charge >= 0.3 is 0 Å². The molecule has 2 aromatic rings. The molecule has 3 nitrogen and oxygen atoms in total. The molecule has 0 aliphatic heterocycles. The van der Waals surface area contributed by atoms with Gasteiger partial charge in [-0.1, -0.05) is 30.3 Å². The Morgan fingerprint density at radius 2 is 1.73 bits per heavy atom. The van der Waals surface area contributed by atoms with Gasteiger partial charge < -0.3 is 5.32 Å². The minimum Gasteiger partial charge on any atom is -0.316 e. The first-order valence-electron chi connectivity index (χ1n) is 4.91. The third-order valence-corrected chi connectivity index (χ3v) is 2.12. The van der Waals surface area contributed by atoms with Gasteiger partial charge in [-0.05, 0) is 7.05 Å².